The number of phenolic OH excluding ortho intramolecular Hbond substituents is 1. The Morgan fingerprint density at radius 1 is 1.36 bits per heavy atom. The molecule has 58 valence electrons. The minimum Gasteiger partial charge on any atom is -0.508 e. The van der Waals surface area contributed by atoms with Gasteiger partial charge in [0.05, 0.1) is 0 Å². The Hall–Kier alpha value is -0.350. The van der Waals surface area contributed by atoms with Crippen molar-refractivity contribution in [3.63, 3.8) is 0 Å². The van der Waals surface area contributed by atoms with Crippen LogP contribution in [0.1, 0.15) is 10.4 Å². The first kappa shape index (κ1) is 8.74. The maximum Gasteiger partial charge on any atom is 0.151 e. The van der Waals surface area contributed by atoms with Crippen molar-refractivity contribution in [2.75, 3.05) is 0 Å². The molecule has 0 aliphatic heterocycles. The summed E-state index contributed by atoms with van der Waals surface area (Å²) in [6, 6.07) is 2.90. The zero-order valence-electron chi connectivity index (χ0n) is 5.34. The summed E-state index contributed by atoms with van der Waals surface area (Å²) in [5.41, 5.74) is 0.428. The highest BCUT2D eigenvalue weighted by atomic mass is 79.9. The maximum absolute atomic E-state index is 10.4. The molecule has 1 N–H and O–H groups in total. The second kappa shape index (κ2) is 3.36. The summed E-state index contributed by atoms with van der Waals surface area (Å²) in [5.74, 6) is 0.0715. The van der Waals surface area contributed by atoms with Gasteiger partial charge in [0.25, 0.3) is 0 Å². The normalized spacial score (nSPS) is 9.64. The van der Waals surface area contributed by atoms with Gasteiger partial charge in [-0.1, -0.05) is 0 Å². The van der Waals surface area contributed by atoms with Crippen molar-refractivity contribution in [1.29, 1.82) is 0 Å². The number of hydrogen-bond donors (Lipinski definition) is 1. The zero-order chi connectivity index (χ0) is 8.43. The van der Waals surface area contributed by atoms with Gasteiger partial charge in [0.15, 0.2) is 6.29 Å². The topological polar surface area (TPSA) is 37.3 Å². The average molecular weight is 280 g/mol. The van der Waals surface area contributed by atoms with E-state index in [1.165, 1.54) is 12.1 Å². The summed E-state index contributed by atoms with van der Waals surface area (Å²) in [4.78, 5) is 10.4. The van der Waals surface area contributed by atoms with Crippen molar-refractivity contribution in [2.24, 2.45) is 0 Å². The molecule has 0 spiro atoms. The second-order valence-electron chi connectivity index (χ2n) is 1.95. The highest BCUT2D eigenvalue weighted by molar-refractivity contribution is 9.13. The van der Waals surface area contributed by atoms with Gasteiger partial charge in [0.1, 0.15) is 5.75 Å². The second-order valence-corrected chi connectivity index (χ2v) is 3.60. The molecule has 0 fully saturated rings. The number of aromatic hydroxyl groups is 1. The third-order valence-electron chi connectivity index (χ3n) is 1.17. The molecule has 0 aliphatic carbocycles. The molecular weight excluding hydrogens is 276 g/mol. The summed E-state index contributed by atoms with van der Waals surface area (Å²) in [6.45, 7) is 0. The van der Waals surface area contributed by atoms with Gasteiger partial charge in [-0.25, -0.2) is 0 Å². The summed E-state index contributed by atoms with van der Waals surface area (Å²) in [5, 5.41) is 9.04. The minimum absolute atomic E-state index is 0.0715. The van der Waals surface area contributed by atoms with Crippen LogP contribution in [-0.4, -0.2) is 11.4 Å². The molecule has 1 aromatic rings. The van der Waals surface area contributed by atoms with Crippen LogP contribution >= 0.6 is 31.9 Å². The number of aldehydes is 1. The van der Waals surface area contributed by atoms with Crippen molar-refractivity contribution in [1.82, 2.24) is 0 Å². The van der Waals surface area contributed by atoms with Crippen molar-refractivity contribution in [3.8, 4) is 5.75 Å². The summed E-state index contributed by atoms with van der Waals surface area (Å²) in [6.07, 6.45) is 0.675. The van der Waals surface area contributed by atoms with Gasteiger partial charge < -0.3 is 5.11 Å². The van der Waals surface area contributed by atoms with Crippen LogP contribution < -0.4 is 0 Å². The predicted molar refractivity (Wildman–Crippen MR) is 48.9 cm³/mol. The largest absolute Gasteiger partial charge is 0.508 e. The monoisotopic (exact) mass is 278 g/mol. The third kappa shape index (κ3) is 1.81. The molecule has 0 heterocycles. The Morgan fingerprint density at radius 3 is 2.55 bits per heavy atom. The Balaban J connectivity index is 3.35. The standard InChI is InChI=1S/C7H4Br2O2/c8-6-2-5(11)1-4(3-10)7(6)9/h1-3,11H. The lowest BCUT2D eigenvalue weighted by Gasteiger charge is -1.99. The first-order valence-corrected chi connectivity index (χ1v) is 4.37. The number of halogens is 2. The molecule has 1 rings (SSSR count). The first-order chi connectivity index (χ1) is 5.15. The number of rotatable bonds is 1. The van der Waals surface area contributed by atoms with Crippen LogP contribution in [-0.2, 0) is 0 Å². The molecule has 0 unspecified atom stereocenters. The van der Waals surface area contributed by atoms with Crippen LogP contribution in [0.4, 0.5) is 0 Å². The molecule has 0 amide bonds. The molecule has 0 radical (unpaired) electrons. The molecule has 0 saturated heterocycles. The quantitative estimate of drug-likeness (QED) is 0.803. The fraction of sp³-hybridized carbons (Fsp3) is 0. The van der Waals surface area contributed by atoms with Gasteiger partial charge in [-0.3, -0.25) is 4.79 Å². The van der Waals surface area contributed by atoms with Gasteiger partial charge in [0, 0.05) is 14.5 Å². The lowest BCUT2D eigenvalue weighted by molar-refractivity contribution is 0.112. The Labute approximate surface area is 80.5 Å². The minimum atomic E-state index is 0.0715. The molecule has 4 heteroatoms. The fourth-order valence-electron chi connectivity index (χ4n) is 0.681. The smallest absolute Gasteiger partial charge is 0.151 e. The molecule has 0 aromatic heterocycles. The Bertz CT molecular complexity index is 297. The first-order valence-electron chi connectivity index (χ1n) is 2.78. The predicted octanol–water partition coefficient (Wildman–Crippen LogP) is 2.73. The van der Waals surface area contributed by atoms with E-state index in [1.54, 1.807) is 0 Å². The fourth-order valence-corrected chi connectivity index (χ4v) is 1.47. The Morgan fingerprint density at radius 2 is 2.00 bits per heavy atom. The van der Waals surface area contributed by atoms with Crippen molar-refractivity contribution < 1.29 is 9.90 Å². The van der Waals surface area contributed by atoms with Crippen molar-refractivity contribution >= 4 is 38.1 Å². The Kier molecular flexibility index (Phi) is 2.67. The van der Waals surface area contributed by atoms with Crippen LogP contribution in [0.2, 0.25) is 0 Å². The van der Waals surface area contributed by atoms with Gasteiger partial charge in [-0.2, -0.15) is 0 Å². The van der Waals surface area contributed by atoms with E-state index in [-0.39, 0.29) is 5.75 Å². The molecule has 0 saturated carbocycles. The van der Waals surface area contributed by atoms with E-state index < -0.39 is 0 Å². The summed E-state index contributed by atoms with van der Waals surface area (Å²) < 4.78 is 1.32. The maximum atomic E-state index is 10.4. The van der Waals surface area contributed by atoms with E-state index in [2.05, 4.69) is 31.9 Å². The zero-order valence-corrected chi connectivity index (χ0v) is 8.52. The molecule has 1 aromatic carbocycles. The van der Waals surface area contributed by atoms with E-state index in [0.717, 1.165) is 0 Å². The molecule has 0 bridgehead atoms. The molecule has 0 aliphatic rings. The number of carbonyl (C=O) groups excluding carboxylic acids is 1. The van der Waals surface area contributed by atoms with E-state index in [1.807, 2.05) is 0 Å². The van der Waals surface area contributed by atoms with E-state index in [4.69, 9.17) is 5.11 Å². The average Bonchev–Trinajstić information content (AvgIpc) is 1.96. The number of phenols is 1. The van der Waals surface area contributed by atoms with Crippen LogP contribution in [0.5, 0.6) is 5.75 Å². The van der Waals surface area contributed by atoms with Gasteiger partial charge in [-0.15, -0.1) is 0 Å². The van der Waals surface area contributed by atoms with Crippen LogP contribution in [0.25, 0.3) is 0 Å². The highest BCUT2D eigenvalue weighted by Gasteiger charge is 2.04. The highest BCUT2D eigenvalue weighted by Crippen LogP contribution is 2.29. The van der Waals surface area contributed by atoms with Gasteiger partial charge in [-0.05, 0) is 44.0 Å². The molecule has 0 atom stereocenters. The number of carbonyl (C=O) groups is 1. The van der Waals surface area contributed by atoms with Gasteiger partial charge in [0.2, 0.25) is 0 Å². The number of benzene rings is 1. The van der Waals surface area contributed by atoms with Crippen molar-refractivity contribution in [3.05, 3.63) is 26.6 Å². The van der Waals surface area contributed by atoms with Crippen molar-refractivity contribution in [2.45, 2.75) is 0 Å². The van der Waals surface area contributed by atoms with Crippen LogP contribution in [0, 0.1) is 0 Å². The summed E-state index contributed by atoms with van der Waals surface area (Å²) >= 11 is 6.36. The number of hydrogen-bond acceptors (Lipinski definition) is 2. The van der Waals surface area contributed by atoms with Crippen LogP contribution in [0.15, 0.2) is 21.1 Å². The molecular formula is C7H4Br2O2. The lowest BCUT2D eigenvalue weighted by Crippen LogP contribution is -1.82. The lowest BCUT2D eigenvalue weighted by atomic mass is 10.2. The van der Waals surface area contributed by atoms with Gasteiger partial charge >= 0.3 is 0 Å². The summed E-state index contributed by atoms with van der Waals surface area (Å²) in [7, 11) is 0. The van der Waals surface area contributed by atoms with E-state index in [0.29, 0.717) is 20.8 Å². The SMILES string of the molecule is O=Cc1cc(O)cc(Br)c1Br. The third-order valence-corrected chi connectivity index (χ3v) is 3.21. The van der Waals surface area contributed by atoms with Crippen LogP contribution in [0.3, 0.4) is 0 Å². The molecule has 11 heavy (non-hydrogen) atoms. The van der Waals surface area contributed by atoms with E-state index in [9.17, 15) is 4.79 Å². The molecule has 2 nitrogen and oxygen atoms in total. The van der Waals surface area contributed by atoms with E-state index >= 15 is 0 Å².